The molecule has 0 bridgehead atoms. The van der Waals surface area contributed by atoms with Crippen LogP contribution in [0.3, 0.4) is 0 Å². The summed E-state index contributed by atoms with van der Waals surface area (Å²) < 4.78 is 24.1. The lowest BCUT2D eigenvalue weighted by atomic mass is 10.0. The Kier molecular flexibility index (Phi) is 6.69. The SMILES string of the molecule is COc1cc(OC)c(C2=NO[C@@H](C(=O)N3CCN(C(=O)c4cccc(F)c4)CC3)C2)cc1Cl. The number of nitrogens with zero attached hydrogens (tertiary/aromatic N) is 3. The van der Waals surface area contributed by atoms with E-state index >= 15 is 0 Å². The Hall–Kier alpha value is -3.33. The van der Waals surface area contributed by atoms with Gasteiger partial charge in [-0.05, 0) is 24.3 Å². The number of halogens is 2. The normalized spacial score (nSPS) is 17.9. The number of rotatable bonds is 5. The lowest BCUT2D eigenvalue weighted by Crippen LogP contribution is -2.53. The molecule has 0 N–H and O–H groups in total. The average molecular weight is 476 g/mol. The highest BCUT2D eigenvalue weighted by molar-refractivity contribution is 6.32. The van der Waals surface area contributed by atoms with Crippen molar-refractivity contribution in [2.45, 2.75) is 12.5 Å². The van der Waals surface area contributed by atoms with Gasteiger partial charge in [0.2, 0.25) is 6.10 Å². The summed E-state index contributed by atoms with van der Waals surface area (Å²) in [5.74, 6) is 0.0582. The van der Waals surface area contributed by atoms with Gasteiger partial charge in [0.15, 0.2) is 0 Å². The van der Waals surface area contributed by atoms with E-state index in [0.29, 0.717) is 59.5 Å². The van der Waals surface area contributed by atoms with E-state index in [9.17, 15) is 14.0 Å². The molecule has 8 nitrogen and oxygen atoms in total. The summed E-state index contributed by atoms with van der Waals surface area (Å²) in [7, 11) is 3.03. The molecule has 0 aliphatic carbocycles. The van der Waals surface area contributed by atoms with Crippen molar-refractivity contribution in [1.29, 1.82) is 0 Å². The number of hydrogen-bond donors (Lipinski definition) is 0. The molecule has 2 heterocycles. The van der Waals surface area contributed by atoms with Crippen LogP contribution in [0.5, 0.6) is 11.5 Å². The Morgan fingerprint density at radius 1 is 1.06 bits per heavy atom. The molecule has 0 aromatic heterocycles. The zero-order chi connectivity index (χ0) is 23.5. The summed E-state index contributed by atoms with van der Waals surface area (Å²) in [5, 5.41) is 4.48. The molecule has 2 aliphatic rings. The van der Waals surface area contributed by atoms with Gasteiger partial charge < -0.3 is 24.1 Å². The first kappa shape index (κ1) is 22.8. The fourth-order valence-corrected chi connectivity index (χ4v) is 4.13. The topological polar surface area (TPSA) is 80.7 Å². The Morgan fingerprint density at radius 2 is 1.76 bits per heavy atom. The van der Waals surface area contributed by atoms with Crippen molar-refractivity contribution in [2.24, 2.45) is 5.16 Å². The molecule has 0 unspecified atom stereocenters. The van der Waals surface area contributed by atoms with Gasteiger partial charge in [-0.1, -0.05) is 22.8 Å². The molecule has 4 rings (SSSR count). The minimum Gasteiger partial charge on any atom is -0.496 e. The number of carbonyl (C=O) groups excluding carboxylic acids is 2. The fraction of sp³-hybridized carbons (Fsp3) is 0.348. The van der Waals surface area contributed by atoms with Crippen LogP contribution >= 0.6 is 11.6 Å². The summed E-state index contributed by atoms with van der Waals surface area (Å²) >= 11 is 6.25. The molecular weight excluding hydrogens is 453 g/mol. The predicted molar refractivity (Wildman–Crippen MR) is 119 cm³/mol. The molecule has 0 saturated carbocycles. The van der Waals surface area contributed by atoms with Gasteiger partial charge in [0.05, 0.1) is 25.0 Å². The second kappa shape index (κ2) is 9.66. The quantitative estimate of drug-likeness (QED) is 0.664. The van der Waals surface area contributed by atoms with E-state index in [4.69, 9.17) is 25.9 Å². The predicted octanol–water partition coefficient (Wildman–Crippen LogP) is 2.97. The van der Waals surface area contributed by atoms with Crippen LogP contribution in [-0.2, 0) is 9.63 Å². The Balaban J connectivity index is 1.36. The molecule has 2 aromatic rings. The van der Waals surface area contributed by atoms with Crippen molar-refractivity contribution >= 4 is 29.1 Å². The average Bonchev–Trinajstić information content (AvgIpc) is 3.33. The summed E-state index contributed by atoms with van der Waals surface area (Å²) in [6.07, 6.45) is -0.503. The van der Waals surface area contributed by atoms with Crippen LogP contribution in [0.1, 0.15) is 22.3 Å². The third kappa shape index (κ3) is 4.73. The number of oxime groups is 1. The van der Waals surface area contributed by atoms with Gasteiger partial charge in [0, 0.05) is 49.8 Å². The van der Waals surface area contributed by atoms with E-state index in [0.717, 1.165) is 0 Å². The van der Waals surface area contributed by atoms with Crippen LogP contribution in [0.15, 0.2) is 41.6 Å². The van der Waals surface area contributed by atoms with E-state index in [1.165, 1.54) is 32.4 Å². The molecule has 1 atom stereocenters. The van der Waals surface area contributed by atoms with Crippen molar-refractivity contribution in [2.75, 3.05) is 40.4 Å². The Bertz CT molecular complexity index is 1100. The molecule has 1 fully saturated rings. The smallest absolute Gasteiger partial charge is 0.267 e. The molecule has 174 valence electrons. The van der Waals surface area contributed by atoms with Crippen molar-refractivity contribution in [3.8, 4) is 11.5 Å². The van der Waals surface area contributed by atoms with Crippen molar-refractivity contribution in [1.82, 2.24) is 9.80 Å². The van der Waals surface area contributed by atoms with Crippen LogP contribution in [0, 0.1) is 5.82 Å². The van der Waals surface area contributed by atoms with E-state index in [1.54, 1.807) is 28.0 Å². The zero-order valence-corrected chi connectivity index (χ0v) is 19.0. The first-order valence-corrected chi connectivity index (χ1v) is 10.8. The van der Waals surface area contributed by atoms with Gasteiger partial charge in [-0.2, -0.15) is 0 Å². The first-order valence-electron chi connectivity index (χ1n) is 10.4. The molecule has 2 aliphatic heterocycles. The maximum atomic E-state index is 13.4. The maximum absolute atomic E-state index is 13.4. The van der Waals surface area contributed by atoms with E-state index in [-0.39, 0.29) is 18.2 Å². The summed E-state index contributed by atoms with van der Waals surface area (Å²) in [6, 6.07) is 8.91. The van der Waals surface area contributed by atoms with Crippen LogP contribution in [-0.4, -0.2) is 73.8 Å². The summed E-state index contributed by atoms with van der Waals surface area (Å²) in [4.78, 5) is 34.3. The number of piperazine rings is 1. The zero-order valence-electron chi connectivity index (χ0n) is 18.2. The number of amides is 2. The minimum absolute atomic E-state index is 0.204. The monoisotopic (exact) mass is 475 g/mol. The van der Waals surface area contributed by atoms with Crippen molar-refractivity contribution in [3.63, 3.8) is 0 Å². The molecule has 0 radical (unpaired) electrons. The van der Waals surface area contributed by atoms with Gasteiger partial charge in [-0.3, -0.25) is 9.59 Å². The molecule has 1 saturated heterocycles. The largest absolute Gasteiger partial charge is 0.496 e. The molecule has 10 heteroatoms. The molecule has 2 amide bonds. The Morgan fingerprint density at radius 3 is 2.42 bits per heavy atom. The first-order chi connectivity index (χ1) is 15.9. The number of ether oxygens (including phenoxy) is 2. The molecule has 33 heavy (non-hydrogen) atoms. The highest BCUT2D eigenvalue weighted by Gasteiger charge is 2.35. The third-order valence-electron chi connectivity index (χ3n) is 5.68. The summed E-state index contributed by atoms with van der Waals surface area (Å²) in [5.41, 5.74) is 1.47. The Labute approximate surface area is 195 Å². The number of methoxy groups -OCH3 is 2. The second-order valence-corrected chi connectivity index (χ2v) is 8.06. The minimum atomic E-state index is -0.768. The number of carbonyl (C=O) groups is 2. The van der Waals surface area contributed by atoms with Crippen molar-refractivity contribution in [3.05, 3.63) is 58.4 Å². The van der Waals surface area contributed by atoms with Crippen molar-refractivity contribution < 1.29 is 28.3 Å². The van der Waals surface area contributed by atoms with E-state index < -0.39 is 11.9 Å². The van der Waals surface area contributed by atoms with Gasteiger partial charge in [-0.25, -0.2) is 4.39 Å². The molecule has 2 aromatic carbocycles. The fourth-order valence-electron chi connectivity index (χ4n) is 3.89. The van der Waals surface area contributed by atoms with Crippen LogP contribution in [0.25, 0.3) is 0 Å². The van der Waals surface area contributed by atoms with Gasteiger partial charge >= 0.3 is 0 Å². The highest BCUT2D eigenvalue weighted by Crippen LogP contribution is 2.35. The number of hydrogen-bond acceptors (Lipinski definition) is 6. The maximum Gasteiger partial charge on any atom is 0.267 e. The van der Waals surface area contributed by atoms with Gasteiger partial charge in [0.25, 0.3) is 11.8 Å². The third-order valence-corrected chi connectivity index (χ3v) is 5.97. The summed E-state index contributed by atoms with van der Waals surface area (Å²) in [6.45, 7) is 1.41. The number of benzene rings is 2. The lowest BCUT2D eigenvalue weighted by Gasteiger charge is -2.35. The molecular formula is C23H23ClFN3O5. The van der Waals surface area contributed by atoms with Crippen LogP contribution in [0.4, 0.5) is 4.39 Å². The van der Waals surface area contributed by atoms with Crippen LogP contribution in [0.2, 0.25) is 5.02 Å². The second-order valence-electron chi connectivity index (χ2n) is 7.65. The van der Waals surface area contributed by atoms with Crippen LogP contribution < -0.4 is 9.47 Å². The van der Waals surface area contributed by atoms with Gasteiger partial charge in [-0.15, -0.1) is 0 Å². The standard InChI is InChI=1S/C23H23ClFN3O5/c1-31-19-13-20(32-2)17(24)11-16(19)18-12-21(33-26-18)23(30)28-8-6-27(7-9-28)22(29)14-4-3-5-15(25)10-14/h3-5,10-11,13,21H,6-9,12H2,1-2H3/t21-/m1/s1. The highest BCUT2D eigenvalue weighted by atomic mass is 35.5. The van der Waals surface area contributed by atoms with E-state index in [2.05, 4.69) is 5.16 Å². The van der Waals surface area contributed by atoms with Gasteiger partial charge in [0.1, 0.15) is 17.3 Å². The van der Waals surface area contributed by atoms with E-state index in [1.807, 2.05) is 0 Å². The lowest BCUT2D eigenvalue weighted by molar-refractivity contribution is -0.143. The molecule has 0 spiro atoms.